The number of rotatable bonds is 5. The normalized spacial score (nSPS) is 19.9. The number of hydrogen-bond donors (Lipinski definition) is 1. The van der Waals surface area contributed by atoms with Gasteiger partial charge in [-0.25, -0.2) is 0 Å². The van der Waals surface area contributed by atoms with Crippen LogP contribution in [0.3, 0.4) is 0 Å². The van der Waals surface area contributed by atoms with Gasteiger partial charge in [-0.2, -0.15) is 0 Å². The van der Waals surface area contributed by atoms with Crippen LogP contribution in [0.1, 0.15) is 64.0 Å². The fourth-order valence-electron chi connectivity index (χ4n) is 3.31. The number of aryl methyl sites for hydroxylation is 1. The number of hydrogen-bond acceptors (Lipinski definition) is 2. The number of nitrogens with one attached hydrogen (secondary N) is 1. The van der Waals surface area contributed by atoms with Crippen molar-refractivity contribution in [1.82, 2.24) is 5.32 Å². The summed E-state index contributed by atoms with van der Waals surface area (Å²) >= 11 is 0. The van der Waals surface area contributed by atoms with Gasteiger partial charge < -0.3 is 10.2 Å². The molecule has 0 spiro atoms. The monoisotopic (exact) mass is 288 g/mol. The molecule has 21 heavy (non-hydrogen) atoms. The molecular formula is C19H32N2. The summed E-state index contributed by atoms with van der Waals surface area (Å²) < 4.78 is 0. The minimum absolute atomic E-state index is 0.541. The van der Waals surface area contributed by atoms with E-state index in [0.29, 0.717) is 6.04 Å². The van der Waals surface area contributed by atoms with E-state index in [-0.39, 0.29) is 0 Å². The summed E-state index contributed by atoms with van der Waals surface area (Å²) in [5.41, 5.74) is 4.27. The van der Waals surface area contributed by atoms with Crippen molar-refractivity contribution in [1.29, 1.82) is 0 Å². The first-order valence-electron chi connectivity index (χ1n) is 8.71. The highest BCUT2D eigenvalue weighted by molar-refractivity contribution is 5.51. The largest absolute Gasteiger partial charge is 0.369 e. The molecule has 0 radical (unpaired) electrons. The number of anilines is 1. The van der Waals surface area contributed by atoms with E-state index in [2.05, 4.69) is 56.1 Å². The highest BCUT2D eigenvalue weighted by atomic mass is 15.2. The first kappa shape index (κ1) is 16.4. The number of nitrogens with zero attached hydrogens (tertiary/aromatic N) is 1. The maximum Gasteiger partial charge on any atom is 0.0371 e. The third-order valence-electron chi connectivity index (χ3n) is 4.71. The molecular weight excluding hydrogens is 256 g/mol. The average Bonchev–Trinajstić information content (AvgIpc) is 2.70. The minimum Gasteiger partial charge on any atom is -0.369 e. The highest BCUT2D eigenvalue weighted by Crippen LogP contribution is 2.27. The van der Waals surface area contributed by atoms with Crippen LogP contribution in [0, 0.1) is 6.92 Å². The third-order valence-corrected chi connectivity index (χ3v) is 4.71. The van der Waals surface area contributed by atoms with E-state index in [0.717, 1.165) is 12.6 Å². The van der Waals surface area contributed by atoms with Crippen molar-refractivity contribution in [2.24, 2.45) is 0 Å². The van der Waals surface area contributed by atoms with Crippen molar-refractivity contribution in [3.05, 3.63) is 29.3 Å². The van der Waals surface area contributed by atoms with Gasteiger partial charge in [-0.3, -0.25) is 0 Å². The van der Waals surface area contributed by atoms with Gasteiger partial charge in [0.1, 0.15) is 0 Å². The summed E-state index contributed by atoms with van der Waals surface area (Å²) in [7, 11) is 0. The summed E-state index contributed by atoms with van der Waals surface area (Å²) in [5.74, 6) is 0. The molecule has 1 unspecified atom stereocenters. The lowest BCUT2D eigenvalue weighted by Crippen LogP contribution is -2.34. The zero-order chi connectivity index (χ0) is 15.2. The average molecular weight is 288 g/mol. The molecule has 1 fully saturated rings. The smallest absolute Gasteiger partial charge is 0.0371 e. The molecule has 2 nitrogen and oxygen atoms in total. The first-order valence-corrected chi connectivity index (χ1v) is 8.71. The van der Waals surface area contributed by atoms with Gasteiger partial charge in [-0.1, -0.05) is 39.7 Å². The Morgan fingerprint density at radius 2 is 2.05 bits per heavy atom. The van der Waals surface area contributed by atoms with Gasteiger partial charge >= 0.3 is 0 Å². The maximum atomic E-state index is 3.52. The van der Waals surface area contributed by atoms with Gasteiger partial charge in [0.25, 0.3) is 0 Å². The minimum atomic E-state index is 0.541. The summed E-state index contributed by atoms with van der Waals surface area (Å²) in [6.45, 7) is 11.2. The van der Waals surface area contributed by atoms with Crippen molar-refractivity contribution in [2.45, 2.75) is 78.4 Å². The molecule has 0 aromatic heterocycles. The van der Waals surface area contributed by atoms with Gasteiger partial charge in [-0.05, 0) is 49.4 Å². The SMILES string of the molecule is CCC1CCCCCN1c1ccc(CNC(C)C)c(C)c1. The van der Waals surface area contributed by atoms with Crippen LogP contribution < -0.4 is 10.2 Å². The summed E-state index contributed by atoms with van der Waals surface area (Å²) in [6, 6.07) is 8.31. The lowest BCUT2D eigenvalue weighted by molar-refractivity contribution is 0.556. The predicted octanol–water partition coefficient (Wildman–Crippen LogP) is 4.65. The van der Waals surface area contributed by atoms with Gasteiger partial charge in [0, 0.05) is 30.9 Å². The standard InChI is InChI=1S/C19H32N2/c1-5-18-9-7-6-8-12-21(18)19-11-10-17(16(4)13-19)14-20-15(2)3/h10-11,13,15,18,20H,5-9,12,14H2,1-4H3. The van der Waals surface area contributed by atoms with Gasteiger partial charge in [-0.15, -0.1) is 0 Å². The summed E-state index contributed by atoms with van der Waals surface area (Å²) in [6.07, 6.45) is 6.74. The Balaban J connectivity index is 2.13. The lowest BCUT2D eigenvalue weighted by atomic mass is 10.0. The fourth-order valence-corrected chi connectivity index (χ4v) is 3.31. The second-order valence-electron chi connectivity index (χ2n) is 6.75. The van der Waals surface area contributed by atoms with Crippen LogP contribution in [0.15, 0.2) is 18.2 Å². The molecule has 0 saturated carbocycles. The van der Waals surface area contributed by atoms with Gasteiger partial charge in [0.2, 0.25) is 0 Å². The van der Waals surface area contributed by atoms with Crippen LogP contribution in [0.25, 0.3) is 0 Å². The molecule has 1 heterocycles. The topological polar surface area (TPSA) is 15.3 Å². The Morgan fingerprint density at radius 1 is 1.24 bits per heavy atom. The highest BCUT2D eigenvalue weighted by Gasteiger charge is 2.20. The lowest BCUT2D eigenvalue weighted by Gasteiger charge is -2.32. The predicted molar refractivity (Wildman–Crippen MR) is 93.0 cm³/mol. The van der Waals surface area contributed by atoms with Crippen LogP contribution in [0.2, 0.25) is 0 Å². The van der Waals surface area contributed by atoms with Gasteiger partial charge in [0.05, 0.1) is 0 Å². The van der Waals surface area contributed by atoms with E-state index in [1.54, 1.807) is 0 Å². The molecule has 2 heteroatoms. The van der Waals surface area contributed by atoms with Crippen molar-refractivity contribution in [3.63, 3.8) is 0 Å². The van der Waals surface area contributed by atoms with Crippen molar-refractivity contribution in [3.8, 4) is 0 Å². The van der Waals surface area contributed by atoms with Gasteiger partial charge in [0.15, 0.2) is 0 Å². The van der Waals surface area contributed by atoms with Crippen LogP contribution in [0.5, 0.6) is 0 Å². The molecule has 0 aliphatic carbocycles. The van der Waals surface area contributed by atoms with E-state index >= 15 is 0 Å². The second kappa shape index (κ2) is 7.84. The third kappa shape index (κ3) is 4.47. The van der Waals surface area contributed by atoms with Crippen LogP contribution in [-0.4, -0.2) is 18.6 Å². The van der Waals surface area contributed by atoms with Crippen LogP contribution >= 0.6 is 0 Å². The molecule has 0 bridgehead atoms. The van der Waals surface area contributed by atoms with E-state index in [9.17, 15) is 0 Å². The molecule has 118 valence electrons. The van der Waals surface area contributed by atoms with Crippen LogP contribution in [0.4, 0.5) is 5.69 Å². The Hall–Kier alpha value is -1.02. The summed E-state index contributed by atoms with van der Waals surface area (Å²) in [5, 5.41) is 3.52. The van der Waals surface area contributed by atoms with E-state index in [4.69, 9.17) is 0 Å². The summed E-state index contributed by atoms with van der Waals surface area (Å²) in [4.78, 5) is 2.65. The second-order valence-corrected chi connectivity index (χ2v) is 6.75. The first-order chi connectivity index (χ1) is 10.1. The van der Waals surface area contributed by atoms with Crippen molar-refractivity contribution >= 4 is 5.69 Å². The van der Waals surface area contributed by atoms with E-state index in [1.807, 2.05) is 0 Å². The zero-order valence-corrected chi connectivity index (χ0v) is 14.3. The number of benzene rings is 1. The molecule has 1 N–H and O–H groups in total. The molecule has 1 aliphatic heterocycles. The van der Waals surface area contributed by atoms with Crippen molar-refractivity contribution < 1.29 is 0 Å². The molecule has 0 amide bonds. The molecule has 1 aliphatic rings. The Bertz CT molecular complexity index is 439. The van der Waals surface area contributed by atoms with Crippen molar-refractivity contribution in [2.75, 3.05) is 11.4 Å². The molecule has 2 rings (SSSR count). The molecule has 1 aromatic carbocycles. The fraction of sp³-hybridized carbons (Fsp3) is 0.684. The zero-order valence-electron chi connectivity index (χ0n) is 14.3. The molecule has 1 atom stereocenters. The Morgan fingerprint density at radius 3 is 2.71 bits per heavy atom. The Kier molecular flexibility index (Phi) is 6.10. The van der Waals surface area contributed by atoms with Crippen LogP contribution in [-0.2, 0) is 6.54 Å². The quantitative estimate of drug-likeness (QED) is 0.848. The Labute approximate surface area is 130 Å². The molecule has 1 aromatic rings. The van der Waals surface area contributed by atoms with E-state index < -0.39 is 0 Å². The van der Waals surface area contributed by atoms with E-state index in [1.165, 1.54) is 55.5 Å². The maximum absolute atomic E-state index is 3.52. The molecule has 1 saturated heterocycles.